The maximum atomic E-state index is 12.2. The second-order valence-corrected chi connectivity index (χ2v) is 4.79. The third-order valence-electron chi connectivity index (χ3n) is 3.29. The van der Waals surface area contributed by atoms with E-state index >= 15 is 0 Å². The lowest BCUT2D eigenvalue weighted by Gasteiger charge is -2.10. The zero-order valence-electron chi connectivity index (χ0n) is 10.9. The average Bonchev–Trinajstić information content (AvgIpc) is 2.86. The largest absolute Gasteiger partial charge is 0.573 e. The molecule has 1 aliphatic rings. The molecule has 0 saturated heterocycles. The van der Waals surface area contributed by atoms with Crippen molar-refractivity contribution in [3.8, 4) is 17.1 Å². The van der Waals surface area contributed by atoms with Crippen LogP contribution < -0.4 is 10.5 Å². The first kappa shape index (κ1) is 13.7. The fourth-order valence-electron chi connectivity index (χ4n) is 2.42. The van der Waals surface area contributed by atoms with Crippen LogP contribution in [0.5, 0.6) is 5.75 Å². The summed E-state index contributed by atoms with van der Waals surface area (Å²) >= 11 is 0. The molecule has 0 amide bonds. The van der Waals surface area contributed by atoms with Crippen molar-refractivity contribution in [2.24, 2.45) is 0 Å². The van der Waals surface area contributed by atoms with E-state index in [9.17, 15) is 13.2 Å². The van der Waals surface area contributed by atoms with Gasteiger partial charge in [-0.05, 0) is 31.4 Å². The Morgan fingerprint density at radius 1 is 1.14 bits per heavy atom. The van der Waals surface area contributed by atoms with E-state index in [1.54, 1.807) is 6.07 Å². The number of fused-ring (bicyclic) bond motifs is 1. The summed E-state index contributed by atoms with van der Waals surface area (Å²) in [5.41, 5.74) is 8.15. The molecule has 0 bridgehead atoms. The number of ether oxygens (including phenoxy) is 1. The van der Waals surface area contributed by atoms with Gasteiger partial charge < -0.3 is 10.5 Å². The van der Waals surface area contributed by atoms with Crippen LogP contribution in [0.2, 0.25) is 0 Å². The third kappa shape index (κ3) is 2.91. The Kier molecular flexibility index (Phi) is 3.19. The number of nitrogens with zero attached hydrogens (tertiary/aromatic N) is 2. The minimum absolute atomic E-state index is 0.303. The van der Waals surface area contributed by atoms with E-state index in [1.807, 2.05) is 0 Å². The highest BCUT2D eigenvalue weighted by Gasteiger charge is 2.31. The molecular formula is C14H12F3N3O. The van der Waals surface area contributed by atoms with Crippen molar-refractivity contribution in [3.05, 3.63) is 35.5 Å². The Balaban J connectivity index is 1.98. The van der Waals surface area contributed by atoms with Gasteiger partial charge in [0.15, 0.2) is 5.82 Å². The van der Waals surface area contributed by atoms with Crippen molar-refractivity contribution in [3.63, 3.8) is 0 Å². The molecule has 0 spiro atoms. The number of nitrogen functional groups attached to an aromatic ring is 1. The number of aromatic nitrogens is 2. The second kappa shape index (κ2) is 4.91. The standard InChI is InChI=1S/C14H12F3N3O/c15-14(16,17)21-9-4-1-3-8(7-9)13-19-11-6-2-5-10(11)12(18)20-13/h1,3-4,7H,2,5-6H2,(H2,18,19,20). The highest BCUT2D eigenvalue weighted by Crippen LogP contribution is 2.30. The first-order valence-corrected chi connectivity index (χ1v) is 6.44. The number of benzene rings is 1. The molecular weight excluding hydrogens is 283 g/mol. The number of rotatable bonds is 2. The van der Waals surface area contributed by atoms with Crippen LogP contribution in [0.25, 0.3) is 11.4 Å². The van der Waals surface area contributed by atoms with Gasteiger partial charge in [0.05, 0.1) is 0 Å². The zero-order valence-corrected chi connectivity index (χ0v) is 10.9. The Morgan fingerprint density at radius 3 is 2.71 bits per heavy atom. The lowest BCUT2D eigenvalue weighted by molar-refractivity contribution is -0.274. The van der Waals surface area contributed by atoms with Gasteiger partial charge in [0.1, 0.15) is 11.6 Å². The molecule has 2 aromatic rings. The number of aryl methyl sites for hydroxylation is 1. The fraction of sp³-hybridized carbons (Fsp3) is 0.286. The van der Waals surface area contributed by atoms with E-state index in [0.29, 0.717) is 17.2 Å². The van der Waals surface area contributed by atoms with Crippen LogP contribution in [0.4, 0.5) is 19.0 Å². The first-order chi connectivity index (χ1) is 9.92. The van der Waals surface area contributed by atoms with Gasteiger partial charge in [-0.25, -0.2) is 9.97 Å². The van der Waals surface area contributed by atoms with Crippen molar-refractivity contribution in [2.45, 2.75) is 25.6 Å². The van der Waals surface area contributed by atoms with Crippen LogP contribution in [-0.2, 0) is 12.8 Å². The van der Waals surface area contributed by atoms with Crippen LogP contribution in [0.1, 0.15) is 17.7 Å². The minimum atomic E-state index is -4.73. The van der Waals surface area contributed by atoms with E-state index in [1.165, 1.54) is 18.2 Å². The van der Waals surface area contributed by atoms with Gasteiger partial charge in [-0.15, -0.1) is 13.2 Å². The van der Waals surface area contributed by atoms with Crippen molar-refractivity contribution in [1.29, 1.82) is 0 Å². The summed E-state index contributed by atoms with van der Waals surface area (Å²) in [5, 5.41) is 0. The Hall–Kier alpha value is -2.31. The Bertz CT molecular complexity index is 686. The number of nitrogens with two attached hydrogens (primary N) is 1. The molecule has 4 nitrogen and oxygen atoms in total. The predicted molar refractivity (Wildman–Crippen MR) is 70.6 cm³/mol. The van der Waals surface area contributed by atoms with Gasteiger partial charge in [-0.2, -0.15) is 0 Å². The summed E-state index contributed by atoms with van der Waals surface area (Å²) in [4.78, 5) is 8.58. The number of anilines is 1. The molecule has 1 aromatic heterocycles. The number of hydrogen-bond acceptors (Lipinski definition) is 4. The highest BCUT2D eigenvalue weighted by atomic mass is 19.4. The molecule has 1 aromatic carbocycles. The van der Waals surface area contributed by atoms with Crippen LogP contribution in [0.15, 0.2) is 24.3 Å². The van der Waals surface area contributed by atoms with Crippen molar-refractivity contribution in [2.75, 3.05) is 5.73 Å². The Morgan fingerprint density at radius 2 is 1.95 bits per heavy atom. The second-order valence-electron chi connectivity index (χ2n) is 4.79. The zero-order chi connectivity index (χ0) is 15.0. The van der Waals surface area contributed by atoms with Gasteiger partial charge >= 0.3 is 6.36 Å². The van der Waals surface area contributed by atoms with E-state index in [4.69, 9.17) is 5.73 Å². The van der Waals surface area contributed by atoms with E-state index in [0.717, 1.165) is 30.5 Å². The highest BCUT2D eigenvalue weighted by molar-refractivity contribution is 5.61. The molecule has 7 heteroatoms. The fourth-order valence-corrected chi connectivity index (χ4v) is 2.42. The molecule has 110 valence electrons. The summed E-state index contributed by atoms with van der Waals surface area (Å²) in [6.45, 7) is 0. The van der Waals surface area contributed by atoms with Crippen LogP contribution in [0, 0.1) is 0 Å². The quantitative estimate of drug-likeness (QED) is 0.924. The molecule has 1 heterocycles. The van der Waals surface area contributed by atoms with Gasteiger partial charge in [0.2, 0.25) is 0 Å². The van der Waals surface area contributed by atoms with Crippen molar-refractivity contribution in [1.82, 2.24) is 9.97 Å². The van der Waals surface area contributed by atoms with Crippen molar-refractivity contribution < 1.29 is 17.9 Å². The first-order valence-electron chi connectivity index (χ1n) is 6.44. The minimum Gasteiger partial charge on any atom is -0.406 e. The SMILES string of the molecule is Nc1nc(-c2cccc(OC(F)(F)F)c2)nc2c1CCC2. The molecule has 0 aliphatic heterocycles. The predicted octanol–water partition coefficient (Wildman–Crippen LogP) is 3.11. The molecule has 21 heavy (non-hydrogen) atoms. The van der Waals surface area contributed by atoms with E-state index < -0.39 is 6.36 Å². The average molecular weight is 295 g/mol. The summed E-state index contributed by atoms with van der Waals surface area (Å²) in [5.74, 6) is 0.415. The smallest absolute Gasteiger partial charge is 0.406 e. The molecule has 1 aliphatic carbocycles. The van der Waals surface area contributed by atoms with E-state index in [2.05, 4.69) is 14.7 Å². The molecule has 0 saturated carbocycles. The monoisotopic (exact) mass is 295 g/mol. The molecule has 0 unspecified atom stereocenters. The van der Waals surface area contributed by atoms with E-state index in [-0.39, 0.29) is 5.75 Å². The summed E-state index contributed by atoms with van der Waals surface area (Å²) in [6.07, 6.45) is -2.10. The van der Waals surface area contributed by atoms with Gasteiger partial charge in [-0.1, -0.05) is 12.1 Å². The third-order valence-corrected chi connectivity index (χ3v) is 3.29. The lowest BCUT2D eigenvalue weighted by Crippen LogP contribution is -2.17. The van der Waals surface area contributed by atoms with Crippen LogP contribution in [0.3, 0.4) is 0 Å². The maximum absolute atomic E-state index is 12.2. The molecule has 3 rings (SSSR count). The molecule has 2 N–H and O–H groups in total. The number of hydrogen-bond donors (Lipinski definition) is 1. The molecule has 0 fully saturated rings. The van der Waals surface area contributed by atoms with Crippen LogP contribution >= 0.6 is 0 Å². The van der Waals surface area contributed by atoms with Crippen molar-refractivity contribution >= 4 is 5.82 Å². The number of alkyl halides is 3. The van der Waals surface area contributed by atoms with Gasteiger partial charge in [-0.3, -0.25) is 0 Å². The number of halogens is 3. The van der Waals surface area contributed by atoms with Gasteiger partial charge in [0, 0.05) is 16.8 Å². The maximum Gasteiger partial charge on any atom is 0.573 e. The summed E-state index contributed by atoms with van der Waals surface area (Å²) in [7, 11) is 0. The summed E-state index contributed by atoms with van der Waals surface area (Å²) in [6, 6.07) is 5.57. The lowest BCUT2D eigenvalue weighted by atomic mass is 10.1. The summed E-state index contributed by atoms with van der Waals surface area (Å²) < 4.78 is 40.6. The topological polar surface area (TPSA) is 61.0 Å². The normalized spacial score (nSPS) is 14.0. The molecule has 0 radical (unpaired) electrons. The van der Waals surface area contributed by atoms with Gasteiger partial charge in [0.25, 0.3) is 0 Å². The van der Waals surface area contributed by atoms with Crippen LogP contribution in [-0.4, -0.2) is 16.3 Å². The Labute approximate surface area is 118 Å². The molecule has 0 atom stereocenters.